The molecule has 3 rings (SSSR count). The largest absolute Gasteiger partial charge is 0.466 e. The normalized spacial score (nSPS) is 15.7. The number of halogens is 1. The first-order chi connectivity index (χ1) is 13.7. The van der Waals surface area contributed by atoms with Gasteiger partial charge in [0.2, 0.25) is 0 Å². The monoisotopic (exact) mass is 423 g/mol. The Morgan fingerprint density at radius 1 is 1.25 bits per heavy atom. The van der Waals surface area contributed by atoms with Crippen molar-refractivity contribution in [3.8, 4) is 0 Å². The van der Waals surface area contributed by atoms with Gasteiger partial charge in [-0.25, -0.2) is 4.99 Å². The number of hydrogen-bond donors (Lipinski definition) is 0. The van der Waals surface area contributed by atoms with Crippen LogP contribution in [-0.4, -0.2) is 54.9 Å². The molecule has 1 aromatic heterocycles. The van der Waals surface area contributed by atoms with Crippen LogP contribution in [0.4, 0.5) is 5.69 Å². The van der Waals surface area contributed by atoms with Gasteiger partial charge in [0.05, 0.1) is 31.9 Å². The Hall–Kier alpha value is -1.67. The standard InChI is InChI=1S/C20H26ClN3O3S/c1-2-27-19(25)14-18-15-28-20(22-17-6-4-16(21)5-7-17)24(18)9-3-8-23-10-12-26-13-11-23/h4-7,15H,2-3,8-14H2,1H3. The summed E-state index contributed by atoms with van der Waals surface area (Å²) < 4.78 is 12.7. The second-order valence-corrected chi connectivity index (χ2v) is 7.81. The number of rotatable bonds is 8. The first-order valence-corrected chi connectivity index (χ1v) is 10.8. The fraction of sp³-hybridized carbons (Fsp3) is 0.500. The molecule has 1 fully saturated rings. The molecule has 2 heterocycles. The van der Waals surface area contributed by atoms with Gasteiger partial charge in [-0.2, -0.15) is 0 Å². The van der Waals surface area contributed by atoms with Crippen LogP contribution >= 0.6 is 22.9 Å². The average Bonchev–Trinajstić information content (AvgIpc) is 3.06. The van der Waals surface area contributed by atoms with Crippen LogP contribution in [0.15, 0.2) is 34.6 Å². The van der Waals surface area contributed by atoms with E-state index in [4.69, 9.17) is 26.1 Å². The van der Waals surface area contributed by atoms with Gasteiger partial charge < -0.3 is 14.0 Å². The van der Waals surface area contributed by atoms with Crippen LogP contribution in [0.1, 0.15) is 19.0 Å². The van der Waals surface area contributed by atoms with Crippen molar-refractivity contribution in [3.05, 3.63) is 45.2 Å². The summed E-state index contributed by atoms with van der Waals surface area (Å²) in [6.45, 7) is 7.59. The maximum atomic E-state index is 12.0. The minimum absolute atomic E-state index is 0.208. The Bertz CT molecular complexity index is 826. The maximum absolute atomic E-state index is 12.0. The van der Waals surface area contributed by atoms with Crippen LogP contribution < -0.4 is 4.80 Å². The van der Waals surface area contributed by atoms with Crippen LogP contribution in [-0.2, 0) is 27.2 Å². The van der Waals surface area contributed by atoms with Gasteiger partial charge in [-0.15, -0.1) is 11.3 Å². The molecule has 0 unspecified atom stereocenters. The van der Waals surface area contributed by atoms with E-state index in [1.807, 2.05) is 36.6 Å². The van der Waals surface area contributed by atoms with Gasteiger partial charge in [0.15, 0.2) is 4.80 Å². The van der Waals surface area contributed by atoms with E-state index in [0.717, 1.165) is 62.0 Å². The van der Waals surface area contributed by atoms with Gasteiger partial charge in [-0.3, -0.25) is 9.69 Å². The van der Waals surface area contributed by atoms with E-state index in [-0.39, 0.29) is 12.4 Å². The molecule has 0 atom stereocenters. The first kappa shape index (κ1) is 21.0. The average molecular weight is 424 g/mol. The van der Waals surface area contributed by atoms with Crippen LogP contribution in [0.3, 0.4) is 0 Å². The third-order valence-electron chi connectivity index (χ3n) is 4.52. The summed E-state index contributed by atoms with van der Waals surface area (Å²) in [5, 5.41) is 2.69. The SMILES string of the molecule is CCOC(=O)Cc1csc(=Nc2ccc(Cl)cc2)n1CCCN1CCOCC1. The molecular weight excluding hydrogens is 398 g/mol. The number of morpholine rings is 1. The van der Waals surface area contributed by atoms with Crippen molar-refractivity contribution in [2.45, 2.75) is 26.3 Å². The third-order valence-corrected chi connectivity index (χ3v) is 5.68. The summed E-state index contributed by atoms with van der Waals surface area (Å²) in [6, 6.07) is 7.45. The predicted octanol–water partition coefficient (Wildman–Crippen LogP) is 3.26. The number of benzene rings is 1. The molecule has 152 valence electrons. The van der Waals surface area contributed by atoms with E-state index >= 15 is 0 Å². The number of thiazole rings is 1. The zero-order valence-electron chi connectivity index (χ0n) is 16.1. The predicted molar refractivity (Wildman–Crippen MR) is 111 cm³/mol. The molecular formula is C20H26ClN3O3S. The van der Waals surface area contributed by atoms with Crippen molar-refractivity contribution >= 4 is 34.6 Å². The van der Waals surface area contributed by atoms with E-state index < -0.39 is 0 Å². The molecule has 1 aliphatic heterocycles. The zero-order valence-corrected chi connectivity index (χ0v) is 17.7. The van der Waals surface area contributed by atoms with Crippen molar-refractivity contribution < 1.29 is 14.3 Å². The molecule has 1 aromatic carbocycles. The molecule has 0 bridgehead atoms. The Kier molecular flexibility index (Phi) is 8.09. The summed E-state index contributed by atoms with van der Waals surface area (Å²) in [7, 11) is 0. The second kappa shape index (κ2) is 10.8. The lowest BCUT2D eigenvalue weighted by molar-refractivity contribution is -0.142. The minimum Gasteiger partial charge on any atom is -0.466 e. The smallest absolute Gasteiger partial charge is 0.311 e. The highest BCUT2D eigenvalue weighted by atomic mass is 35.5. The highest BCUT2D eigenvalue weighted by Gasteiger charge is 2.13. The highest BCUT2D eigenvalue weighted by Crippen LogP contribution is 2.16. The summed E-state index contributed by atoms with van der Waals surface area (Å²) in [5.74, 6) is -0.208. The van der Waals surface area contributed by atoms with Crippen molar-refractivity contribution in [2.75, 3.05) is 39.5 Å². The second-order valence-electron chi connectivity index (χ2n) is 6.54. The number of carbonyl (C=O) groups is 1. The number of hydrogen-bond acceptors (Lipinski definition) is 6. The molecule has 0 spiro atoms. The molecule has 0 aliphatic carbocycles. The zero-order chi connectivity index (χ0) is 19.8. The summed E-state index contributed by atoms with van der Waals surface area (Å²) in [5.41, 5.74) is 1.79. The van der Waals surface area contributed by atoms with E-state index in [9.17, 15) is 4.79 Å². The van der Waals surface area contributed by atoms with E-state index in [0.29, 0.717) is 11.6 Å². The van der Waals surface area contributed by atoms with Crippen molar-refractivity contribution in [1.29, 1.82) is 0 Å². The number of esters is 1. The van der Waals surface area contributed by atoms with E-state index in [1.54, 1.807) is 11.3 Å². The van der Waals surface area contributed by atoms with Gasteiger partial charge in [0.25, 0.3) is 0 Å². The van der Waals surface area contributed by atoms with Crippen molar-refractivity contribution in [3.63, 3.8) is 0 Å². The molecule has 6 nitrogen and oxygen atoms in total. The lowest BCUT2D eigenvalue weighted by Gasteiger charge is -2.26. The molecule has 1 saturated heterocycles. The van der Waals surface area contributed by atoms with Crippen LogP contribution in [0.2, 0.25) is 5.02 Å². The number of carbonyl (C=O) groups excluding carboxylic acids is 1. The molecule has 0 saturated carbocycles. The number of ether oxygens (including phenoxy) is 2. The molecule has 28 heavy (non-hydrogen) atoms. The molecule has 0 radical (unpaired) electrons. The Labute approximate surface area is 174 Å². The Balaban J connectivity index is 1.77. The van der Waals surface area contributed by atoms with Crippen LogP contribution in [0.5, 0.6) is 0 Å². The summed E-state index contributed by atoms with van der Waals surface area (Å²) >= 11 is 7.51. The van der Waals surface area contributed by atoms with Gasteiger partial charge in [0, 0.05) is 42.3 Å². The molecule has 8 heteroatoms. The van der Waals surface area contributed by atoms with E-state index in [2.05, 4.69) is 9.47 Å². The maximum Gasteiger partial charge on any atom is 0.311 e. The lowest BCUT2D eigenvalue weighted by atomic mass is 10.3. The van der Waals surface area contributed by atoms with Gasteiger partial charge in [-0.05, 0) is 37.6 Å². The van der Waals surface area contributed by atoms with E-state index in [1.165, 1.54) is 0 Å². The Morgan fingerprint density at radius 2 is 2.00 bits per heavy atom. The first-order valence-electron chi connectivity index (χ1n) is 9.59. The molecule has 1 aliphatic rings. The highest BCUT2D eigenvalue weighted by molar-refractivity contribution is 7.07. The van der Waals surface area contributed by atoms with Crippen molar-refractivity contribution in [2.24, 2.45) is 4.99 Å². The van der Waals surface area contributed by atoms with Gasteiger partial charge in [-0.1, -0.05) is 11.6 Å². The topological polar surface area (TPSA) is 56.1 Å². The van der Waals surface area contributed by atoms with Gasteiger partial charge in [0.1, 0.15) is 0 Å². The fourth-order valence-corrected chi connectivity index (χ4v) is 4.17. The molecule has 0 N–H and O–H groups in total. The van der Waals surface area contributed by atoms with Crippen LogP contribution in [0, 0.1) is 0 Å². The quantitative estimate of drug-likeness (QED) is 0.611. The third kappa shape index (κ3) is 6.17. The number of nitrogens with zero attached hydrogens (tertiary/aromatic N) is 3. The fourth-order valence-electron chi connectivity index (χ4n) is 3.10. The number of aromatic nitrogens is 1. The van der Waals surface area contributed by atoms with Crippen LogP contribution in [0.25, 0.3) is 0 Å². The van der Waals surface area contributed by atoms with Crippen molar-refractivity contribution in [1.82, 2.24) is 9.47 Å². The minimum atomic E-state index is -0.208. The Morgan fingerprint density at radius 3 is 2.71 bits per heavy atom. The molecule has 2 aromatic rings. The summed E-state index contributed by atoms with van der Waals surface area (Å²) in [4.78, 5) is 20.0. The summed E-state index contributed by atoms with van der Waals surface area (Å²) in [6.07, 6.45) is 1.25. The van der Waals surface area contributed by atoms with Gasteiger partial charge >= 0.3 is 5.97 Å². The lowest BCUT2D eigenvalue weighted by Crippen LogP contribution is -2.37. The molecule has 0 amide bonds.